The molecular weight excluding hydrogens is 502 g/mol. The quantitative estimate of drug-likeness (QED) is 0.324. The van der Waals surface area contributed by atoms with Crippen molar-refractivity contribution in [1.29, 1.82) is 0 Å². The maximum absolute atomic E-state index is 14.9. The molecule has 0 radical (unpaired) electrons. The molecule has 0 atom stereocenters. The monoisotopic (exact) mass is 523 g/mol. The molecule has 4 N–H and O–H groups in total. The number of nitrogens with two attached hydrogens (primary N) is 1. The van der Waals surface area contributed by atoms with Crippen LogP contribution in [0.2, 0.25) is 0 Å². The van der Waals surface area contributed by atoms with E-state index in [2.05, 4.69) is 15.5 Å². The molecule has 1 aromatic heterocycles. The number of carbonyl (C=O) groups excluding carboxylic acids is 2. The minimum atomic E-state index is -5.14. The highest BCUT2D eigenvalue weighted by Gasteiger charge is 2.39. The molecule has 0 spiro atoms. The van der Waals surface area contributed by atoms with Crippen molar-refractivity contribution in [2.75, 3.05) is 14.1 Å². The second kappa shape index (κ2) is 9.10. The maximum atomic E-state index is 14.9. The first kappa shape index (κ1) is 25.2. The van der Waals surface area contributed by atoms with Crippen LogP contribution in [0.15, 0.2) is 53.6 Å². The van der Waals surface area contributed by atoms with E-state index >= 15 is 0 Å². The Bertz CT molecular complexity index is 1650. The van der Waals surface area contributed by atoms with Crippen LogP contribution in [0, 0.1) is 5.82 Å². The van der Waals surface area contributed by atoms with Crippen molar-refractivity contribution in [1.82, 2.24) is 15.3 Å². The van der Waals surface area contributed by atoms with Gasteiger partial charge in [-0.1, -0.05) is 24.3 Å². The fourth-order valence-electron chi connectivity index (χ4n) is 4.74. The lowest BCUT2D eigenvalue weighted by atomic mass is 9.92. The molecule has 194 valence electrons. The van der Waals surface area contributed by atoms with Crippen LogP contribution in [0.4, 0.5) is 17.6 Å². The van der Waals surface area contributed by atoms with E-state index in [0.717, 1.165) is 23.3 Å². The van der Waals surface area contributed by atoms with Gasteiger partial charge in [0.25, 0.3) is 11.8 Å². The number of hydrogen-bond donors (Lipinski definition) is 3. The molecule has 5 rings (SSSR count). The van der Waals surface area contributed by atoms with Crippen LogP contribution in [0.3, 0.4) is 0 Å². The molecule has 1 aliphatic rings. The molecule has 0 saturated carbocycles. The number of rotatable bonds is 5. The Morgan fingerprint density at radius 1 is 1.05 bits per heavy atom. The molecule has 0 bridgehead atoms. The number of nitrogens with one attached hydrogen (secondary N) is 2. The number of alkyl halides is 3. The number of primary amides is 1. The summed E-state index contributed by atoms with van der Waals surface area (Å²) in [6.45, 7) is 0.681. The Labute approximate surface area is 213 Å². The Balaban J connectivity index is 1.78. The number of aromatic amines is 1. The molecule has 0 aliphatic carbocycles. The third-order valence-electron chi connectivity index (χ3n) is 6.26. The molecule has 2 heterocycles. The van der Waals surface area contributed by atoms with E-state index in [1.807, 2.05) is 43.3 Å². The van der Waals surface area contributed by atoms with Gasteiger partial charge >= 0.3 is 6.18 Å². The van der Waals surface area contributed by atoms with Gasteiger partial charge in [-0.15, -0.1) is 0 Å². The van der Waals surface area contributed by atoms with Gasteiger partial charge < -0.3 is 15.6 Å². The summed E-state index contributed by atoms with van der Waals surface area (Å²) < 4.78 is 56.9. The summed E-state index contributed by atoms with van der Waals surface area (Å²) in [5.41, 5.74) is 7.72. The number of benzene rings is 3. The van der Waals surface area contributed by atoms with Crippen molar-refractivity contribution in [3.8, 4) is 22.4 Å². The molecule has 2 amide bonds. The highest BCUT2D eigenvalue weighted by Crippen LogP contribution is 2.42. The fourth-order valence-corrected chi connectivity index (χ4v) is 4.74. The summed E-state index contributed by atoms with van der Waals surface area (Å²) in [4.78, 5) is 29.6. The van der Waals surface area contributed by atoms with Gasteiger partial charge in [-0.05, 0) is 60.6 Å². The number of hydrogen-bond acceptors (Lipinski definition) is 4. The summed E-state index contributed by atoms with van der Waals surface area (Å²) >= 11 is 0. The number of H-pyrrole nitrogens is 1. The Morgan fingerprint density at radius 3 is 2.50 bits per heavy atom. The smallest absolute Gasteiger partial charge is 0.366 e. The van der Waals surface area contributed by atoms with Gasteiger partial charge in [-0.2, -0.15) is 18.3 Å². The highest BCUT2D eigenvalue weighted by atomic mass is 19.4. The predicted molar refractivity (Wildman–Crippen MR) is 135 cm³/mol. The third-order valence-corrected chi connectivity index (χ3v) is 6.26. The lowest BCUT2D eigenvalue weighted by Gasteiger charge is -2.16. The van der Waals surface area contributed by atoms with Gasteiger partial charge in [0.1, 0.15) is 5.82 Å². The van der Waals surface area contributed by atoms with Crippen LogP contribution < -0.4 is 11.2 Å². The van der Waals surface area contributed by atoms with Crippen LogP contribution >= 0.6 is 0 Å². The van der Waals surface area contributed by atoms with E-state index < -0.39 is 40.5 Å². The maximum Gasteiger partial charge on any atom is 0.419 e. The largest absolute Gasteiger partial charge is 0.419 e. The Kier molecular flexibility index (Phi) is 6.03. The number of halogens is 4. The van der Waals surface area contributed by atoms with Crippen molar-refractivity contribution in [3.05, 3.63) is 82.2 Å². The van der Waals surface area contributed by atoms with Gasteiger partial charge in [0.05, 0.1) is 28.6 Å². The predicted octanol–water partition coefficient (Wildman–Crippen LogP) is 4.90. The van der Waals surface area contributed by atoms with Crippen molar-refractivity contribution in [2.24, 2.45) is 10.8 Å². The standard InChI is InChI=1S/C27H21F4N5O2/c1-36(2)12-13-4-3-5-14(8-13)24-19-11-33-35-26(38)18-9-15(10-20(34-24)21(18)19)16-6-7-17(25(32)37)23(28)22(16)27(29,30)31/h3-11,34H,12H2,1-2H3,(H2,32,37)(H,35,38). The SMILES string of the molecule is CN(C)Cc1cccc(-c2[nH]c3cc(-c4ccc(C(N)=O)c(F)c4C(F)(F)F)cc4c3c2C=NNC4=O)c1. The average molecular weight is 523 g/mol. The van der Waals surface area contributed by atoms with Crippen molar-refractivity contribution in [3.63, 3.8) is 0 Å². The summed E-state index contributed by atoms with van der Waals surface area (Å²) in [6.07, 6.45) is -3.67. The zero-order valence-electron chi connectivity index (χ0n) is 20.2. The number of hydrazone groups is 1. The lowest BCUT2D eigenvalue weighted by Crippen LogP contribution is -2.19. The summed E-state index contributed by atoms with van der Waals surface area (Å²) in [5.74, 6) is -3.73. The van der Waals surface area contributed by atoms with Crippen molar-refractivity contribution in [2.45, 2.75) is 12.7 Å². The zero-order chi connectivity index (χ0) is 27.4. The van der Waals surface area contributed by atoms with E-state index in [0.29, 0.717) is 28.7 Å². The number of carbonyl (C=O) groups is 2. The summed E-state index contributed by atoms with van der Waals surface area (Å²) in [7, 11) is 3.88. The van der Waals surface area contributed by atoms with E-state index in [1.165, 1.54) is 18.3 Å². The first-order chi connectivity index (χ1) is 18.0. The topological polar surface area (TPSA) is 104 Å². The molecule has 0 unspecified atom stereocenters. The molecule has 4 aromatic rings. The minimum absolute atomic E-state index is 0.0597. The number of amides is 2. The van der Waals surface area contributed by atoms with Gasteiger partial charge in [0.2, 0.25) is 0 Å². The van der Waals surface area contributed by atoms with Gasteiger partial charge in [0, 0.05) is 23.0 Å². The van der Waals surface area contributed by atoms with Crippen LogP contribution in [-0.2, 0) is 12.7 Å². The zero-order valence-corrected chi connectivity index (χ0v) is 20.2. The number of nitrogens with zero attached hydrogens (tertiary/aromatic N) is 2. The second-order valence-electron chi connectivity index (χ2n) is 9.21. The fraction of sp³-hybridized carbons (Fsp3) is 0.148. The molecule has 0 saturated heterocycles. The second-order valence-corrected chi connectivity index (χ2v) is 9.21. The van der Waals surface area contributed by atoms with Crippen LogP contribution in [-0.4, -0.2) is 42.0 Å². The Morgan fingerprint density at radius 2 is 1.82 bits per heavy atom. The summed E-state index contributed by atoms with van der Waals surface area (Å²) in [5, 5.41) is 4.44. The Hall–Kier alpha value is -4.51. The van der Waals surface area contributed by atoms with E-state index in [4.69, 9.17) is 5.73 Å². The molecule has 11 heteroatoms. The third kappa shape index (κ3) is 4.30. The van der Waals surface area contributed by atoms with Gasteiger partial charge in [-0.25, -0.2) is 9.82 Å². The van der Waals surface area contributed by atoms with Crippen molar-refractivity contribution < 1.29 is 27.2 Å². The molecule has 0 fully saturated rings. The minimum Gasteiger partial charge on any atom is -0.366 e. The molecule has 1 aliphatic heterocycles. The van der Waals surface area contributed by atoms with Crippen molar-refractivity contribution >= 4 is 28.9 Å². The van der Waals surface area contributed by atoms with E-state index in [-0.39, 0.29) is 11.1 Å². The summed E-state index contributed by atoms with van der Waals surface area (Å²) in [6, 6.07) is 12.2. The molecule has 3 aromatic carbocycles. The lowest BCUT2D eigenvalue weighted by molar-refractivity contribution is -0.139. The highest BCUT2D eigenvalue weighted by molar-refractivity contribution is 6.18. The molecule has 38 heavy (non-hydrogen) atoms. The molecule has 7 nitrogen and oxygen atoms in total. The van der Waals surface area contributed by atoms with E-state index in [1.54, 1.807) is 0 Å². The normalized spacial score (nSPS) is 13.2. The molecular formula is C27H21F4N5O2. The average Bonchev–Trinajstić information content (AvgIpc) is 3.11. The van der Waals surface area contributed by atoms with Gasteiger partial charge in [-0.3, -0.25) is 9.59 Å². The first-order valence-corrected chi connectivity index (χ1v) is 11.4. The first-order valence-electron chi connectivity index (χ1n) is 11.4. The number of aromatic nitrogens is 1. The van der Waals surface area contributed by atoms with Crippen LogP contribution in [0.1, 0.15) is 37.4 Å². The van der Waals surface area contributed by atoms with Gasteiger partial charge in [0.15, 0.2) is 0 Å². The van der Waals surface area contributed by atoms with E-state index in [9.17, 15) is 27.2 Å². The van der Waals surface area contributed by atoms with Crippen LogP contribution in [0.25, 0.3) is 33.3 Å². The van der Waals surface area contributed by atoms with Crippen LogP contribution in [0.5, 0.6) is 0 Å².